The number of rotatable bonds is 3. The maximum Gasteiger partial charge on any atom is 0.273 e. The maximum absolute atomic E-state index is 12.2. The van der Waals surface area contributed by atoms with E-state index in [1.807, 2.05) is 30.3 Å². The fourth-order valence-electron chi connectivity index (χ4n) is 2.64. The Morgan fingerprint density at radius 2 is 2.00 bits per heavy atom. The summed E-state index contributed by atoms with van der Waals surface area (Å²) in [7, 11) is 0. The SMILES string of the molecule is O=C(N[C@@H]1CCCC[C@H]1O)c1cc(-c2ccccc2)on1. The monoisotopic (exact) mass is 286 g/mol. The van der Waals surface area contributed by atoms with Crippen molar-refractivity contribution in [2.24, 2.45) is 0 Å². The van der Waals surface area contributed by atoms with Crippen molar-refractivity contribution in [3.05, 3.63) is 42.1 Å². The first-order valence-corrected chi connectivity index (χ1v) is 7.25. The molecule has 1 heterocycles. The van der Waals surface area contributed by atoms with Gasteiger partial charge in [-0.05, 0) is 12.8 Å². The molecule has 21 heavy (non-hydrogen) atoms. The molecule has 3 rings (SSSR count). The standard InChI is InChI=1S/C16H18N2O3/c19-14-9-5-4-8-12(14)17-16(20)13-10-15(21-18-13)11-6-2-1-3-7-11/h1-3,6-7,10,12,14,19H,4-5,8-9H2,(H,17,20)/t12-,14-/m1/s1. The second-order valence-electron chi connectivity index (χ2n) is 5.37. The van der Waals surface area contributed by atoms with E-state index in [1.165, 1.54) is 0 Å². The lowest BCUT2D eigenvalue weighted by atomic mass is 9.92. The summed E-state index contributed by atoms with van der Waals surface area (Å²) in [5.74, 6) is 0.261. The van der Waals surface area contributed by atoms with Gasteiger partial charge in [-0.15, -0.1) is 0 Å². The summed E-state index contributed by atoms with van der Waals surface area (Å²) in [5, 5.41) is 16.5. The fraction of sp³-hybridized carbons (Fsp3) is 0.375. The van der Waals surface area contributed by atoms with Gasteiger partial charge >= 0.3 is 0 Å². The van der Waals surface area contributed by atoms with Crippen molar-refractivity contribution in [2.45, 2.75) is 37.8 Å². The van der Waals surface area contributed by atoms with Crippen LogP contribution in [0.25, 0.3) is 11.3 Å². The van der Waals surface area contributed by atoms with E-state index in [1.54, 1.807) is 6.07 Å². The van der Waals surface area contributed by atoms with Crippen molar-refractivity contribution in [3.8, 4) is 11.3 Å². The molecule has 0 radical (unpaired) electrons. The van der Waals surface area contributed by atoms with E-state index in [-0.39, 0.29) is 17.6 Å². The van der Waals surface area contributed by atoms with E-state index in [9.17, 15) is 9.90 Å². The number of benzene rings is 1. The lowest BCUT2D eigenvalue weighted by Gasteiger charge is -2.27. The number of aromatic nitrogens is 1. The van der Waals surface area contributed by atoms with E-state index in [0.29, 0.717) is 5.76 Å². The molecule has 0 saturated heterocycles. The highest BCUT2D eigenvalue weighted by Crippen LogP contribution is 2.21. The van der Waals surface area contributed by atoms with Crippen LogP contribution in [0, 0.1) is 0 Å². The van der Waals surface area contributed by atoms with Crippen LogP contribution in [0.3, 0.4) is 0 Å². The molecule has 2 aromatic rings. The summed E-state index contributed by atoms with van der Waals surface area (Å²) < 4.78 is 5.21. The molecule has 1 amide bonds. The molecule has 5 nitrogen and oxygen atoms in total. The fourth-order valence-corrected chi connectivity index (χ4v) is 2.64. The Hall–Kier alpha value is -2.14. The molecule has 0 unspecified atom stereocenters. The minimum Gasteiger partial charge on any atom is -0.391 e. The first kappa shape index (κ1) is 13.8. The summed E-state index contributed by atoms with van der Waals surface area (Å²) in [5.41, 5.74) is 1.12. The molecule has 1 aromatic heterocycles. The van der Waals surface area contributed by atoms with Crippen LogP contribution in [0.15, 0.2) is 40.9 Å². The second kappa shape index (κ2) is 6.10. The summed E-state index contributed by atoms with van der Waals surface area (Å²) >= 11 is 0. The van der Waals surface area contributed by atoms with Crippen molar-refractivity contribution in [1.29, 1.82) is 0 Å². The molecule has 110 valence electrons. The molecule has 0 bridgehead atoms. The largest absolute Gasteiger partial charge is 0.391 e. The lowest BCUT2D eigenvalue weighted by molar-refractivity contribution is 0.0711. The number of aliphatic hydroxyl groups is 1. The summed E-state index contributed by atoms with van der Waals surface area (Å²) in [6.45, 7) is 0. The Bertz CT molecular complexity index is 609. The van der Waals surface area contributed by atoms with Crippen molar-refractivity contribution < 1.29 is 14.4 Å². The highest BCUT2D eigenvalue weighted by atomic mass is 16.5. The van der Waals surface area contributed by atoms with E-state index in [2.05, 4.69) is 10.5 Å². The third kappa shape index (κ3) is 3.13. The number of carbonyl (C=O) groups is 1. The Labute approximate surface area is 123 Å². The van der Waals surface area contributed by atoms with Crippen molar-refractivity contribution in [1.82, 2.24) is 10.5 Å². The Morgan fingerprint density at radius 3 is 2.76 bits per heavy atom. The number of hydrogen-bond acceptors (Lipinski definition) is 4. The minimum absolute atomic E-state index is 0.192. The van der Waals surface area contributed by atoms with Gasteiger partial charge in [0.2, 0.25) is 0 Å². The highest BCUT2D eigenvalue weighted by molar-refractivity contribution is 5.93. The van der Waals surface area contributed by atoms with Crippen LogP contribution in [-0.2, 0) is 0 Å². The quantitative estimate of drug-likeness (QED) is 0.908. The topological polar surface area (TPSA) is 75.4 Å². The summed E-state index contributed by atoms with van der Waals surface area (Å²) in [6.07, 6.45) is 3.10. The zero-order chi connectivity index (χ0) is 14.7. The number of aliphatic hydroxyl groups excluding tert-OH is 1. The zero-order valence-electron chi connectivity index (χ0n) is 11.7. The van der Waals surface area contributed by atoms with Crippen LogP contribution in [-0.4, -0.2) is 28.3 Å². The molecule has 1 aliphatic carbocycles. The second-order valence-corrected chi connectivity index (χ2v) is 5.37. The third-order valence-corrected chi connectivity index (χ3v) is 3.85. The van der Waals surface area contributed by atoms with E-state index in [0.717, 1.165) is 31.2 Å². The van der Waals surface area contributed by atoms with Crippen molar-refractivity contribution >= 4 is 5.91 Å². The third-order valence-electron chi connectivity index (χ3n) is 3.85. The number of nitrogens with zero attached hydrogens (tertiary/aromatic N) is 1. The van der Waals surface area contributed by atoms with Gasteiger partial charge in [-0.1, -0.05) is 48.3 Å². The van der Waals surface area contributed by atoms with Gasteiger partial charge in [0.1, 0.15) is 0 Å². The molecule has 1 aromatic carbocycles. The van der Waals surface area contributed by atoms with Crippen LogP contribution >= 0.6 is 0 Å². The van der Waals surface area contributed by atoms with Crippen LogP contribution in [0.1, 0.15) is 36.2 Å². The molecule has 0 aliphatic heterocycles. The van der Waals surface area contributed by atoms with Crippen molar-refractivity contribution in [2.75, 3.05) is 0 Å². The Kier molecular flexibility index (Phi) is 4.01. The average molecular weight is 286 g/mol. The maximum atomic E-state index is 12.2. The number of nitrogens with one attached hydrogen (secondary N) is 1. The minimum atomic E-state index is -0.469. The van der Waals surface area contributed by atoms with Gasteiger partial charge in [-0.3, -0.25) is 4.79 Å². The molecule has 1 saturated carbocycles. The van der Waals surface area contributed by atoms with Crippen LogP contribution in [0.4, 0.5) is 0 Å². The number of amides is 1. The normalized spacial score (nSPS) is 22.0. The molecule has 2 atom stereocenters. The van der Waals surface area contributed by atoms with Crippen molar-refractivity contribution in [3.63, 3.8) is 0 Å². The van der Waals surface area contributed by atoms with Gasteiger partial charge in [-0.2, -0.15) is 0 Å². The highest BCUT2D eigenvalue weighted by Gasteiger charge is 2.26. The van der Waals surface area contributed by atoms with Gasteiger partial charge in [0.15, 0.2) is 11.5 Å². The smallest absolute Gasteiger partial charge is 0.273 e. The number of hydrogen-bond donors (Lipinski definition) is 2. The first-order chi connectivity index (χ1) is 10.2. The average Bonchev–Trinajstić information content (AvgIpc) is 3.00. The molecule has 1 fully saturated rings. The van der Waals surface area contributed by atoms with Gasteiger partial charge in [0.25, 0.3) is 5.91 Å². The first-order valence-electron chi connectivity index (χ1n) is 7.25. The van der Waals surface area contributed by atoms with E-state index < -0.39 is 6.10 Å². The predicted molar refractivity (Wildman–Crippen MR) is 77.7 cm³/mol. The van der Waals surface area contributed by atoms with E-state index in [4.69, 9.17) is 4.52 Å². The van der Waals surface area contributed by atoms with Gasteiger partial charge in [0.05, 0.1) is 12.1 Å². The van der Waals surface area contributed by atoms with Crippen LogP contribution in [0.2, 0.25) is 0 Å². The zero-order valence-corrected chi connectivity index (χ0v) is 11.7. The van der Waals surface area contributed by atoms with Crippen LogP contribution < -0.4 is 5.32 Å². The van der Waals surface area contributed by atoms with E-state index >= 15 is 0 Å². The van der Waals surface area contributed by atoms with Gasteiger partial charge in [-0.25, -0.2) is 0 Å². The predicted octanol–water partition coefficient (Wildman–Crippen LogP) is 2.37. The molecule has 0 spiro atoms. The molecular formula is C16H18N2O3. The lowest BCUT2D eigenvalue weighted by Crippen LogP contribution is -2.45. The Balaban J connectivity index is 1.69. The Morgan fingerprint density at radius 1 is 1.24 bits per heavy atom. The molecule has 1 aliphatic rings. The molecular weight excluding hydrogens is 268 g/mol. The van der Waals surface area contributed by atoms with Gasteiger partial charge < -0.3 is 14.9 Å². The summed E-state index contributed by atoms with van der Waals surface area (Å²) in [6, 6.07) is 10.9. The number of carbonyl (C=O) groups excluding carboxylic acids is 1. The molecule has 2 N–H and O–H groups in total. The van der Waals surface area contributed by atoms with Crippen LogP contribution in [0.5, 0.6) is 0 Å². The van der Waals surface area contributed by atoms with Gasteiger partial charge in [0, 0.05) is 11.6 Å². The summed E-state index contributed by atoms with van der Waals surface area (Å²) in [4.78, 5) is 12.2. The molecule has 5 heteroatoms.